The van der Waals surface area contributed by atoms with Crippen molar-refractivity contribution in [3.05, 3.63) is 76.3 Å². The van der Waals surface area contributed by atoms with Gasteiger partial charge >= 0.3 is 0 Å². The summed E-state index contributed by atoms with van der Waals surface area (Å²) in [7, 11) is 1.57. The molecule has 0 unspecified atom stereocenters. The number of ether oxygens (including phenoxy) is 1. The second-order valence-corrected chi connectivity index (χ2v) is 6.99. The summed E-state index contributed by atoms with van der Waals surface area (Å²) in [4.78, 5) is 11.4. The number of benzene rings is 2. The molecule has 0 spiro atoms. The van der Waals surface area contributed by atoms with E-state index in [0.717, 1.165) is 29.8 Å². The maximum absolute atomic E-state index is 14.2. The van der Waals surface area contributed by atoms with Gasteiger partial charge in [0.2, 0.25) is 0 Å². The van der Waals surface area contributed by atoms with Gasteiger partial charge in [-0.15, -0.1) is 0 Å². The molecule has 0 saturated heterocycles. The van der Waals surface area contributed by atoms with E-state index >= 15 is 0 Å². The SMILES string of the molecule is COc1cccc(F)c1CN1CCc2nc(-c3ccc(Cl)cc3)ncc2C1. The molecule has 6 heteroatoms. The smallest absolute Gasteiger partial charge is 0.159 e. The highest BCUT2D eigenvalue weighted by molar-refractivity contribution is 6.30. The molecule has 1 aliphatic rings. The number of nitrogens with zero attached hydrogens (tertiary/aromatic N) is 3. The predicted octanol–water partition coefficient (Wildman–Crippen LogP) is 4.50. The van der Waals surface area contributed by atoms with Gasteiger partial charge in [0.15, 0.2) is 5.82 Å². The molecule has 0 aliphatic carbocycles. The van der Waals surface area contributed by atoms with E-state index in [4.69, 9.17) is 21.3 Å². The molecule has 1 aromatic heterocycles. The van der Waals surface area contributed by atoms with Crippen LogP contribution >= 0.6 is 11.6 Å². The zero-order valence-electron chi connectivity index (χ0n) is 15.0. The van der Waals surface area contributed by atoms with Gasteiger partial charge in [0.25, 0.3) is 0 Å². The van der Waals surface area contributed by atoms with Crippen LogP contribution in [0.1, 0.15) is 16.8 Å². The van der Waals surface area contributed by atoms with Crippen LogP contribution in [0.5, 0.6) is 5.75 Å². The molecule has 2 heterocycles. The van der Waals surface area contributed by atoms with E-state index in [0.29, 0.717) is 35.2 Å². The summed E-state index contributed by atoms with van der Waals surface area (Å²) >= 11 is 5.95. The molecule has 2 aromatic carbocycles. The number of hydrogen-bond acceptors (Lipinski definition) is 4. The predicted molar refractivity (Wildman–Crippen MR) is 103 cm³/mol. The topological polar surface area (TPSA) is 38.2 Å². The Morgan fingerprint density at radius 2 is 2.00 bits per heavy atom. The molecule has 138 valence electrons. The molecule has 0 saturated carbocycles. The van der Waals surface area contributed by atoms with Gasteiger partial charge in [-0.3, -0.25) is 4.90 Å². The van der Waals surface area contributed by atoms with E-state index in [-0.39, 0.29) is 5.82 Å². The summed E-state index contributed by atoms with van der Waals surface area (Å²) in [5.41, 5.74) is 3.66. The lowest BCUT2D eigenvalue weighted by Crippen LogP contribution is -2.31. The molecule has 0 amide bonds. The van der Waals surface area contributed by atoms with Crippen LogP contribution in [0.15, 0.2) is 48.7 Å². The van der Waals surface area contributed by atoms with Crippen molar-refractivity contribution in [3.63, 3.8) is 0 Å². The second-order valence-electron chi connectivity index (χ2n) is 6.55. The van der Waals surface area contributed by atoms with Crippen LogP contribution in [0.2, 0.25) is 5.02 Å². The van der Waals surface area contributed by atoms with Gasteiger partial charge in [-0.2, -0.15) is 0 Å². The first kappa shape index (κ1) is 17.9. The van der Waals surface area contributed by atoms with Gasteiger partial charge < -0.3 is 4.74 Å². The van der Waals surface area contributed by atoms with Gasteiger partial charge in [-0.25, -0.2) is 14.4 Å². The Hall–Kier alpha value is -2.50. The lowest BCUT2D eigenvalue weighted by atomic mass is 10.1. The third-order valence-electron chi connectivity index (χ3n) is 4.79. The van der Waals surface area contributed by atoms with Crippen LogP contribution in [0, 0.1) is 5.82 Å². The molecule has 0 fully saturated rings. The summed E-state index contributed by atoms with van der Waals surface area (Å²) in [6.45, 7) is 1.99. The summed E-state index contributed by atoms with van der Waals surface area (Å²) in [6, 6.07) is 12.4. The minimum absolute atomic E-state index is 0.241. The zero-order chi connectivity index (χ0) is 18.8. The minimum atomic E-state index is -0.241. The van der Waals surface area contributed by atoms with Crippen molar-refractivity contribution in [2.24, 2.45) is 0 Å². The molecular formula is C21H19ClFN3O. The van der Waals surface area contributed by atoms with Crippen LogP contribution in [0.25, 0.3) is 11.4 Å². The van der Waals surface area contributed by atoms with Crippen molar-refractivity contribution in [1.29, 1.82) is 0 Å². The van der Waals surface area contributed by atoms with Crippen molar-refractivity contribution in [3.8, 4) is 17.1 Å². The molecule has 0 atom stereocenters. The van der Waals surface area contributed by atoms with Crippen LogP contribution in [-0.4, -0.2) is 28.5 Å². The molecule has 3 aromatic rings. The van der Waals surface area contributed by atoms with E-state index < -0.39 is 0 Å². The number of rotatable bonds is 4. The molecule has 1 aliphatic heterocycles. The lowest BCUT2D eigenvalue weighted by molar-refractivity contribution is 0.235. The van der Waals surface area contributed by atoms with E-state index in [1.54, 1.807) is 19.2 Å². The quantitative estimate of drug-likeness (QED) is 0.664. The fourth-order valence-electron chi connectivity index (χ4n) is 3.35. The fourth-order valence-corrected chi connectivity index (χ4v) is 3.48. The highest BCUT2D eigenvalue weighted by atomic mass is 35.5. The number of halogens is 2. The maximum atomic E-state index is 14.2. The van der Waals surface area contributed by atoms with Gasteiger partial charge in [0, 0.05) is 54.0 Å². The number of aromatic nitrogens is 2. The zero-order valence-corrected chi connectivity index (χ0v) is 15.7. The van der Waals surface area contributed by atoms with E-state index in [1.165, 1.54) is 6.07 Å². The van der Waals surface area contributed by atoms with Crippen molar-refractivity contribution < 1.29 is 9.13 Å². The Morgan fingerprint density at radius 1 is 1.19 bits per heavy atom. The van der Waals surface area contributed by atoms with Gasteiger partial charge in [0.1, 0.15) is 11.6 Å². The van der Waals surface area contributed by atoms with Gasteiger partial charge in [0.05, 0.1) is 12.8 Å². The Kier molecular flexibility index (Phi) is 5.05. The average Bonchev–Trinajstić information content (AvgIpc) is 2.69. The van der Waals surface area contributed by atoms with Crippen molar-refractivity contribution in [2.45, 2.75) is 19.5 Å². The molecule has 0 N–H and O–H groups in total. The maximum Gasteiger partial charge on any atom is 0.159 e. The summed E-state index contributed by atoms with van der Waals surface area (Å²) < 4.78 is 19.5. The van der Waals surface area contributed by atoms with Crippen molar-refractivity contribution in [1.82, 2.24) is 14.9 Å². The largest absolute Gasteiger partial charge is 0.496 e. The third-order valence-corrected chi connectivity index (χ3v) is 5.04. The Labute approximate surface area is 162 Å². The third kappa shape index (κ3) is 3.80. The van der Waals surface area contributed by atoms with Gasteiger partial charge in [-0.1, -0.05) is 17.7 Å². The minimum Gasteiger partial charge on any atom is -0.496 e. The standard InChI is InChI=1S/C21H19ClFN3O/c1-27-20-4-2-3-18(23)17(20)13-26-10-9-19-15(12-26)11-24-21(25-19)14-5-7-16(22)8-6-14/h2-8,11H,9-10,12-13H2,1H3. The van der Waals surface area contributed by atoms with Crippen LogP contribution < -0.4 is 4.74 Å². The first-order chi connectivity index (χ1) is 13.1. The first-order valence-electron chi connectivity index (χ1n) is 8.78. The van der Waals surface area contributed by atoms with E-state index in [9.17, 15) is 4.39 Å². The Bertz CT molecular complexity index is 962. The molecular weight excluding hydrogens is 365 g/mol. The van der Waals surface area contributed by atoms with Crippen molar-refractivity contribution in [2.75, 3.05) is 13.7 Å². The van der Waals surface area contributed by atoms with Crippen LogP contribution in [0.4, 0.5) is 4.39 Å². The molecule has 0 bridgehead atoms. The Morgan fingerprint density at radius 3 is 2.78 bits per heavy atom. The molecule has 0 radical (unpaired) electrons. The molecule has 4 nitrogen and oxygen atoms in total. The number of methoxy groups -OCH3 is 1. The number of fused-ring (bicyclic) bond motifs is 1. The summed E-state index contributed by atoms with van der Waals surface area (Å²) in [6.07, 6.45) is 2.67. The lowest BCUT2D eigenvalue weighted by Gasteiger charge is -2.28. The molecule has 4 rings (SSSR count). The molecule has 27 heavy (non-hydrogen) atoms. The fraction of sp³-hybridized carbons (Fsp3) is 0.238. The van der Waals surface area contributed by atoms with Gasteiger partial charge in [-0.05, 0) is 36.4 Å². The van der Waals surface area contributed by atoms with E-state index in [1.807, 2.05) is 30.5 Å². The van der Waals surface area contributed by atoms with Crippen molar-refractivity contribution >= 4 is 11.6 Å². The first-order valence-corrected chi connectivity index (χ1v) is 9.16. The highest BCUT2D eigenvalue weighted by Crippen LogP contribution is 2.27. The summed E-state index contributed by atoms with van der Waals surface area (Å²) in [5, 5.41) is 0.691. The highest BCUT2D eigenvalue weighted by Gasteiger charge is 2.21. The number of hydrogen-bond donors (Lipinski definition) is 0. The average molecular weight is 384 g/mol. The second kappa shape index (κ2) is 7.62. The van der Waals surface area contributed by atoms with Crippen LogP contribution in [0.3, 0.4) is 0 Å². The normalized spacial score (nSPS) is 14.0. The van der Waals surface area contributed by atoms with E-state index in [2.05, 4.69) is 9.88 Å². The summed E-state index contributed by atoms with van der Waals surface area (Å²) in [5.74, 6) is 1.04. The van der Waals surface area contributed by atoms with Crippen LogP contribution in [-0.2, 0) is 19.5 Å². The monoisotopic (exact) mass is 383 g/mol. The Balaban J connectivity index is 1.53.